The molecule has 0 bridgehead atoms. The summed E-state index contributed by atoms with van der Waals surface area (Å²) in [6, 6.07) is 4.71. The van der Waals surface area contributed by atoms with Gasteiger partial charge in [-0.3, -0.25) is 11.3 Å². The summed E-state index contributed by atoms with van der Waals surface area (Å²) < 4.78 is 23.4. The van der Waals surface area contributed by atoms with Crippen LogP contribution in [0.3, 0.4) is 0 Å². The van der Waals surface area contributed by atoms with E-state index in [1.165, 1.54) is 13.2 Å². The lowest BCUT2D eigenvalue weighted by Crippen LogP contribution is -2.33. The SMILES string of the molecule is COCCC(C)C(NN)c1ccc(F)c(OC)c1. The van der Waals surface area contributed by atoms with Crippen LogP contribution in [-0.2, 0) is 4.74 Å². The van der Waals surface area contributed by atoms with E-state index in [-0.39, 0.29) is 23.5 Å². The van der Waals surface area contributed by atoms with Gasteiger partial charge in [-0.2, -0.15) is 0 Å². The minimum atomic E-state index is -0.374. The van der Waals surface area contributed by atoms with Gasteiger partial charge in [-0.25, -0.2) is 4.39 Å². The molecule has 0 heterocycles. The summed E-state index contributed by atoms with van der Waals surface area (Å²) in [5.74, 6) is 5.71. The van der Waals surface area contributed by atoms with Crippen molar-refractivity contribution < 1.29 is 13.9 Å². The fourth-order valence-electron chi connectivity index (χ4n) is 1.93. The highest BCUT2D eigenvalue weighted by Crippen LogP contribution is 2.28. The van der Waals surface area contributed by atoms with Crippen molar-refractivity contribution in [2.45, 2.75) is 19.4 Å². The molecule has 1 aromatic rings. The molecule has 0 radical (unpaired) electrons. The van der Waals surface area contributed by atoms with E-state index in [0.717, 1.165) is 12.0 Å². The molecular weight excluding hydrogens is 235 g/mol. The Hall–Kier alpha value is -1.17. The van der Waals surface area contributed by atoms with Crippen LogP contribution in [0, 0.1) is 11.7 Å². The third-order valence-electron chi connectivity index (χ3n) is 3.06. The van der Waals surface area contributed by atoms with E-state index >= 15 is 0 Å². The van der Waals surface area contributed by atoms with Gasteiger partial charge in [0.05, 0.1) is 7.11 Å². The summed E-state index contributed by atoms with van der Waals surface area (Å²) >= 11 is 0. The van der Waals surface area contributed by atoms with E-state index in [1.54, 1.807) is 19.2 Å². The Balaban J connectivity index is 2.87. The lowest BCUT2D eigenvalue weighted by molar-refractivity contribution is 0.170. The number of rotatable bonds is 7. The van der Waals surface area contributed by atoms with E-state index in [0.29, 0.717) is 6.61 Å². The van der Waals surface area contributed by atoms with Gasteiger partial charge < -0.3 is 9.47 Å². The maximum absolute atomic E-state index is 13.3. The Morgan fingerprint density at radius 2 is 2.11 bits per heavy atom. The van der Waals surface area contributed by atoms with E-state index < -0.39 is 0 Å². The topological polar surface area (TPSA) is 56.5 Å². The first-order chi connectivity index (χ1) is 8.63. The van der Waals surface area contributed by atoms with Gasteiger partial charge in [-0.1, -0.05) is 13.0 Å². The largest absolute Gasteiger partial charge is 0.494 e. The number of hydrogen-bond donors (Lipinski definition) is 2. The molecule has 5 heteroatoms. The Bertz CT molecular complexity index is 374. The second-order valence-electron chi connectivity index (χ2n) is 4.30. The summed E-state index contributed by atoms with van der Waals surface area (Å²) in [5.41, 5.74) is 3.67. The van der Waals surface area contributed by atoms with Gasteiger partial charge >= 0.3 is 0 Å². The van der Waals surface area contributed by atoms with Crippen LogP contribution >= 0.6 is 0 Å². The highest BCUT2D eigenvalue weighted by Gasteiger charge is 2.19. The van der Waals surface area contributed by atoms with Crippen molar-refractivity contribution in [3.05, 3.63) is 29.6 Å². The normalized spacial score (nSPS) is 14.3. The highest BCUT2D eigenvalue weighted by atomic mass is 19.1. The van der Waals surface area contributed by atoms with Gasteiger partial charge in [-0.15, -0.1) is 0 Å². The maximum atomic E-state index is 13.3. The van der Waals surface area contributed by atoms with Gasteiger partial charge in [0.25, 0.3) is 0 Å². The number of nitrogens with two attached hydrogens (primary N) is 1. The fourth-order valence-corrected chi connectivity index (χ4v) is 1.93. The Kier molecular flexibility index (Phi) is 6.04. The zero-order valence-electron chi connectivity index (χ0n) is 11.1. The van der Waals surface area contributed by atoms with Crippen LogP contribution in [0.25, 0.3) is 0 Å². The van der Waals surface area contributed by atoms with Crippen molar-refractivity contribution in [3.63, 3.8) is 0 Å². The second-order valence-corrected chi connectivity index (χ2v) is 4.30. The van der Waals surface area contributed by atoms with Crippen LogP contribution in [0.4, 0.5) is 4.39 Å². The van der Waals surface area contributed by atoms with Crippen LogP contribution in [0.1, 0.15) is 24.9 Å². The van der Waals surface area contributed by atoms with Crippen molar-refractivity contribution >= 4 is 0 Å². The fraction of sp³-hybridized carbons (Fsp3) is 0.538. The summed E-state index contributed by atoms with van der Waals surface area (Å²) in [6.07, 6.45) is 0.866. The molecule has 0 fully saturated rings. The molecule has 18 heavy (non-hydrogen) atoms. The number of ether oxygens (including phenoxy) is 2. The average Bonchev–Trinajstić information content (AvgIpc) is 2.39. The number of halogens is 1. The van der Waals surface area contributed by atoms with E-state index in [9.17, 15) is 4.39 Å². The molecule has 2 unspecified atom stereocenters. The highest BCUT2D eigenvalue weighted by molar-refractivity contribution is 5.32. The second kappa shape index (κ2) is 7.31. The van der Waals surface area contributed by atoms with Crippen molar-refractivity contribution in [3.8, 4) is 5.75 Å². The van der Waals surface area contributed by atoms with Crippen molar-refractivity contribution in [1.29, 1.82) is 0 Å². The number of benzene rings is 1. The minimum Gasteiger partial charge on any atom is -0.494 e. The molecule has 0 spiro atoms. The number of nitrogens with one attached hydrogen (secondary N) is 1. The summed E-state index contributed by atoms with van der Waals surface area (Å²) in [7, 11) is 3.11. The first-order valence-electron chi connectivity index (χ1n) is 5.92. The predicted octanol–water partition coefficient (Wildman–Crippen LogP) is 2.01. The zero-order chi connectivity index (χ0) is 13.5. The molecule has 0 amide bonds. The molecule has 0 aliphatic heterocycles. The molecule has 3 N–H and O–H groups in total. The average molecular weight is 256 g/mol. The van der Waals surface area contributed by atoms with Gasteiger partial charge in [0, 0.05) is 19.8 Å². The standard InChI is InChI=1S/C13H21FN2O2/c1-9(6-7-17-2)13(16-15)10-4-5-11(14)12(8-10)18-3/h4-5,8-9,13,16H,6-7,15H2,1-3H3. The predicted molar refractivity (Wildman–Crippen MR) is 68.7 cm³/mol. The third kappa shape index (κ3) is 3.66. The van der Waals surface area contributed by atoms with Gasteiger partial charge in [-0.05, 0) is 30.0 Å². The minimum absolute atomic E-state index is 0.0605. The molecule has 0 aliphatic rings. The molecule has 0 saturated heterocycles. The van der Waals surface area contributed by atoms with Crippen LogP contribution in [0.15, 0.2) is 18.2 Å². The number of methoxy groups -OCH3 is 2. The molecule has 1 rings (SSSR count). The first kappa shape index (κ1) is 14.9. The molecule has 0 aliphatic carbocycles. The zero-order valence-corrected chi connectivity index (χ0v) is 11.1. The van der Waals surface area contributed by atoms with Crippen LogP contribution in [-0.4, -0.2) is 20.8 Å². The van der Waals surface area contributed by atoms with Crippen LogP contribution in [0.5, 0.6) is 5.75 Å². The van der Waals surface area contributed by atoms with Gasteiger partial charge in [0.2, 0.25) is 0 Å². The Morgan fingerprint density at radius 1 is 1.39 bits per heavy atom. The molecular formula is C13H21FN2O2. The quantitative estimate of drug-likeness (QED) is 0.579. The van der Waals surface area contributed by atoms with Gasteiger partial charge in [0.1, 0.15) is 0 Å². The van der Waals surface area contributed by atoms with Gasteiger partial charge in [0.15, 0.2) is 11.6 Å². The third-order valence-corrected chi connectivity index (χ3v) is 3.06. The summed E-state index contributed by atoms with van der Waals surface area (Å²) in [6.45, 7) is 2.73. The Labute approximate surface area is 107 Å². The van der Waals surface area contributed by atoms with Crippen LogP contribution < -0.4 is 16.0 Å². The van der Waals surface area contributed by atoms with Crippen molar-refractivity contribution in [2.75, 3.05) is 20.8 Å². The number of hydrogen-bond acceptors (Lipinski definition) is 4. The van der Waals surface area contributed by atoms with E-state index in [2.05, 4.69) is 12.3 Å². The molecule has 0 saturated carbocycles. The van der Waals surface area contributed by atoms with Crippen LogP contribution in [0.2, 0.25) is 0 Å². The molecule has 0 aromatic heterocycles. The lowest BCUT2D eigenvalue weighted by Gasteiger charge is -2.24. The molecule has 102 valence electrons. The van der Waals surface area contributed by atoms with Crippen molar-refractivity contribution in [1.82, 2.24) is 5.43 Å². The van der Waals surface area contributed by atoms with E-state index in [1.807, 2.05) is 0 Å². The monoisotopic (exact) mass is 256 g/mol. The first-order valence-corrected chi connectivity index (χ1v) is 5.92. The Morgan fingerprint density at radius 3 is 2.67 bits per heavy atom. The molecule has 1 aromatic carbocycles. The number of hydrazine groups is 1. The van der Waals surface area contributed by atoms with Crippen molar-refractivity contribution in [2.24, 2.45) is 11.8 Å². The maximum Gasteiger partial charge on any atom is 0.165 e. The molecule has 4 nitrogen and oxygen atoms in total. The smallest absolute Gasteiger partial charge is 0.165 e. The van der Waals surface area contributed by atoms with E-state index in [4.69, 9.17) is 15.3 Å². The molecule has 2 atom stereocenters. The summed E-state index contributed by atoms with van der Waals surface area (Å²) in [4.78, 5) is 0. The lowest BCUT2D eigenvalue weighted by atomic mass is 9.92. The summed E-state index contributed by atoms with van der Waals surface area (Å²) in [5, 5.41) is 0.